The summed E-state index contributed by atoms with van der Waals surface area (Å²) in [6.07, 6.45) is 1.59. The third-order valence-corrected chi connectivity index (χ3v) is 6.75. The van der Waals surface area contributed by atoms with Gasteiger partial charge in [-0.25, -0.2) is 0 Å². The Morgan fingerprint density at radius 3 is 2.58 bits per heavy atom. The van der Waals surface area contributed by atoms with Gasteiger partial charge in [0.2, 0.25) is 5.91 Å². The van der Waals surface area contributed by atoms with Crippen molar-refractivity contribution in [2.75, 3.05) is 19.0 Å². The van der Waals surface area contributed by atoms with E-state index in [1.165, 1.54) is 7.11 Å². The Balaban J connectivity index is 1.47. The van der Waals surface area contributed by atoms with Gasteiger partial charge in [-0.3, -0.25) is 19.3 Å². The molecule has 0 atom stereocenters. The zero-order chi connectivity index (χ0) is 25.7. The molecule has 4 rings (SSSR count). The van der Waals surface area contributed by atoms with E-state index >= 15 is 0 Å². The van der Waals surface area contributed by atoms with Gasteiger partial charge in [-0.1, -0.05) is 42.5 Å². The third kappa shape index (κ3) is 6.16. The standard InChI is InChI=1S/C27H23BrN2O5S/c1-17-7-6-10-20(11-17)29-24(31)15-30-26(32)23(36-27(30)33)14-19-12-21(28)25(22(13-19)34-2)35-16-18-8-4-3-5-9-18/h3-14H,15-16H2,1-2H3,(H,29,31)/b23-14+. The lowest BCUT2D eigenvalue weighted by molar-refractivity contribution is -0.127. The Hall–Kier alpha value is -3.56. The first kappa shape index (κ1) is 25.5. The number of nitrogens with zero attached hydrogens (tertiary/aromatic N) is 1. The number of halogens is 1. The number of aryl methyl sites for hydroxylation is 1. The van der Waals surface area contributed by atoms with Crippen molar-refractivity contribution in [3.8, 4) is 11.5 Å². The number of ether oxygens (including phenoxy) is 2. The Kier molecular flexibility index (Phi) is 8.12. The predicted octanol–water partition coefficient (Wildman–Crippen LogP) is 6.02. The zero-order valence-electron chi connectivity index (χ0n) is 19.6. The number of rotatable bonds is 8. The molecule has 0 spiro atoms. The minimum Gasteiger partial charge on any atom is -0.493 e. The van der Waals surface area contributed by atoms with Crippen molar-refractivity contribution in [1.82, 2.24) is 4.90 Å². The predicted molar refractivity (Wildman–Crippen MR) is 144 cm³/mol. The molecule has 0 radical (unpaired) electrons. The Morgan fingerprint density at radius 1 is 1.08 bits per heavy atom. The summed E-state index contributed by atoms with van der Waals surface area (Å²) in [5.74, 6) is 0.0279. The second-order valence-electron chi connectivity index (χ2n) is 7.99. The summed E-state index contributed by atoms with van der Waals surface area (Å²) in [5, 5.41) is 2.22. The molecule has 1 saturated heterocycles. The van der Waals surface area contributed by atoms with Gasteiger partial charge in [-0.05, 0) is 81.6 Å². The molecule has 1 heterocycles. The van der Waals surface area contributed by atoms with Crippen LogP contribution in [0.2, 0.25) is 0 Å². The zero-order valence-corrected chi connectivity index (χ0v) is 22.0. The Labute approximate surface area is 221 Å². The summed E-state index contributed by atoms with van der Waals surface area (Å²) in [7, 11) is 1.53. The molecule has 36 heavy (non-hydrogen) atoms. The highest BCUT2D eigenvalue weighted by molar-refractivity contribution is 9.10. The van der Waals surface area contributed by atoms with Gasteiger partial charge in [0.05, 0.1) is 16.5 Å². The lowest BCUT2D eigenvalue weighted by Gasteiger charge is -2.14. The first-order chi connectivity index (χ1) is 17.3. The normalized spacial score (nSPS) is 14.3. The number of benzene rings is 3. The lowest BCUT2D eigenvalue weighted by Crippen LogP contribution is -2.36. The molecule has 7 nitrogen and oxygen atoms in total. The van der Waals surface area contributed by atoms with E-state index in [9.17, 15) is 14.4 Å². The van der Waals surface area contributed by atoms with E-state index in [2.05, 4.69) is 21.2 Å². The van der Waals surface area contributed by atoms with Gasteiger partial charge < -0.3 is 14.8 Å². The van der Waals surface area contributed by atoms with Gasteiger partial charge in [-0.2, -0.15) is 0 Å². The van der Waals surface area contributed by atoms with Gasteiger partial charge in [-0.15, -0.1) is 0 Å². The van der Waals surface area contributed by atoms with E-state index in [0.29, 0.717) is 33.8 Å². The van der Waals surface area contributed by atoms with Crippen molar-refractivity contribution in [3.63, 3.8) is 0 Å². The van der Waals surface area contributed by atoms with Crippen LogP contribution in [0.25, 0.3) is 6.08 Å². The molecule has 1 fully saturated rings. The van der Waals surface area contributed by atoms with Crippen molar-refractivity contribution in [2.45, 2.75) is 13.5 Å². The number of anilines is 1. The molecule has 3 aromatic rings. The van der Waals surface area contributed by atoms with Crippen LogP contribution in [0.1, 0.15) is 16.7 Å². The third-order valence-electron chi connectivity index (χ3n) is 5.25. The number of thioether (sulfide) groups is 1. The van der Waals surface area contributed by atoms with Crippen LogP contribution < -0.4 is 14.8 Å². The van der Waals surface area contributed by atoms with Crippen LogP contribution in [0.15, 0.2) is 76.1 Å². The van der Waals surface area contributed by atoms with E-state index < -0.39 is 17.1 Å². The number of amides is 3. The molecule has 1 N–H and O–H groups in total. The number of hydrogen-bond donors (Lipinski definition) is 1. The summed E-state index contributed by atoms with van der Waals surface area (Å²) < 4.78 is 12.1. The molecular formula is C27H23BrN2O5S. The average molecular weight is 567 g/mol. The molecule has 1 aliphatic rings. The topological polar surface area (TPSA) is 84.9 Å². The van der Waals surface area contributed by atoms with Crippen molar-refractivity contribution in [3.05, 3.63) is 92.8 Å². The molecular weight excluding hydrogens is 544 g/mol. The van der Waals surface area contributed by atoms with Gasteiger partial charge in [0.15, 0.2) is 11.5 Å². The van der Waals surface area contributed by atoms with Crippen LogP contribution >= 0.6 is 27.7 Å². The van der Waals surface area contributed by atoms with E-state index in [1.54, 1.807) is 24.3 Å². The highest BCUT2D eigenvalue weighted by Crippen LogP contribution is 2.39. The van der Waals surface area contributed by atoms with Gasteiger partial charge in [0.1, 0.15) is 13.2 Å². The minimum absolute atomic E-state index is 0.218. The molecule has 0 bridgehead atoms. The van der Waals surface area contributed by atoms with Crippen LogP contribution in [-0.4, -0.2) is 35.6 Å². The molecule has 0 unspecified atom stereocenters. The van der Waals surface area contributed by atoms with Crippen molar-refractivity contribution < 1.29 is 23.9 Å². The highest BCUT2D eigenvalue weighted by Gasteiger charge is 2.36. The maximum Gasteiger partial charge on any atom is 0.294 e. The number of imide groups is 1. The van der Waals surface area contributed by atoms with Gasteiger partial charge >= 0.3 is 0 Å². The SMILES string of the molecule is COc1cc(/C=C2/SC(=O)N(CC(=O)Nc3cccc(C)c3)C2=O)cc(Br)c1OCc1ccccc1. The van der Waals surface area contributed by atoms with E-state index in [0.717, 1.165) is 27.8 Å². The van der Waals surface area contributed by atoms with E-state index in [-0.39, 0.29) is 11.4 Å². The van der Waals surface area contributed by atoms with E-state index in [4.69, 9.17) is 9.47 Å². The maximum atomic E-state index is 12.9. The summed E-state index contributed by atoms with van der Waals surface area (Å²) in [5.41, 5.74) is 3.24. The molecule has 0 aromatic heterocycles. The molecule has 3 aromatic carbocycles. The van der Waals surface area contributed by atoms with Crippen molar-refractivity contribution >= 4 is 56.5 Å². The number of carbonyl (C=O) groups excluding carboxylic acids is 3. The smallest absolute Gasteiger partial charge is 0.294 e. The summed E-state index contributed by atoms with van der Waals surface area (Å²) in [6.45, 7) is 1.90. The monoisotopic (exact) mass is 566 g/mol. The Bertz CT molecular complexity index is 1340. The van der Waals surface area contributed by atoms with Crippen LogP contribution in [0.5, 0.6) is 11.5 Å². The summed E-state index contributed by atoms with van der Waals surface area (Å²) >= 11 is 4.30. The van der Waals surface area contributed by atoms with Gasteiger partial charge in [0, 0.05) is 5.69 Å². The Morgan fingerprint density at radius 2 is 1.86 bits per heavy atom. The fraction of sp³-hybridized carbons (Fsp3) is 0.148. The second-order valence-corrected chi connectivity index (χ2v) is 9.84. The summed E-state index contributed by atoms with van der Waals surface area (Å²) in [4.78, 5) is 39.0. The average Bonchev–Trinajstić information content (AvgIpc) is 3.11. The molecule has 0 aliphatic carbocycles. The van der Waals surface area contributed by atoms with Crippen LogP contribution in [0.3, 0.4) is 0 Å². The molecule has 3 amide bonds. The van der Waals surface area contributed by atoms with Crippen LogP contribution in [0.4, 0.5) is 10.5 Å². The number of methoxy groups -OCH3 is 1. The number of hydrogen-bond acceptors (Lipinski definition) is 6. The molecule has 0 saturated carbocycles. The van der Waals surface area contributed by atoms with Crippen molar-refractivity contribution in [2.24, 2.45) is 0 Å². The maximum absolute atomic E-state index is 12.9. The lowest BCUT2D eigenvalue weighted by atomic mass is 10.1. The first-order valence-corrected chi connectivity index (χ1v) is 12.6. The minimum atomic E-state index is -0.524. The highest BCUT2D eigenvalue weighted by atomic mass is 79.9. The second kappa shape index (κ2) is 11.5. The number of carbonyl (C=O) groups is 3. The fourth-order valence-electron chi connectivity index (χ4n) is 3.55. The van der Waals surface area contributed by atoms with Crippen molar-refractivity contribution in [1.29, 1.82) is 0 Å². The first-order valence-electron chi connectivity index (χ1n) is 11.0. The summed E-state index contributed by atoms with van der Waals surface area (Å²) in [6, 6.07) is 20.5. The molecule has 184 valence electrons. The number of nitrogens with one attached hydrogen (secondary N) is 1. The fourth-order valence-corrected chi connectivity index (χ4v) is 4.96. The largest absolute Gasteiger partial charge is 0.493 e. The van der Waals surface area contributed by atoms with Crippen LogP contribution in [0, 0.1) is 6.92 Å². The van der Waals surface area contributed by atoms with Gasteiger partial charge in [0.25, 0.3) is 11.1 Å². The van der Waals surface area contributed by atoms with E-state index in [1.807, 2.05) is 55.5 Å². The van der Waals surface area contributed by atoms with Crippen LogP contribution in [-0.2, 0) is 16.2 Å². The quantitative estimate of drug-likeness (QED) is 0.335. The molecule has 1 aliphatic heterocycles. The molecule has 9 heteroatoms.